The molecule has 0 aromatic heterocycles. The van der Waals surface area contributed by atoms with Crippen LogP contribution in [0.4, 0.5) is 0 Å². The minimum absolute atomic E-state index is 0.00336. The Hall–Kier alpha value is -1.70. The number of hydrogen-bond donors (Lipinski definition) is 0. The fourth-order valence-corrected chi connectivity index (χ4v) is 5.68. The van der Waals surface area contributed by atoms with Gasteiger partial charge in [0.1, 0.15) is 11.1 Å². The molecule has 1 aromatic carbocycles. The van der Waals surface area contributed by atoms with Crippen molar-refractivity contribution in [1.82, 2.24) is 0 Å². The van der Waals surface area contributed by atoms with E-state index in [9.17, 15) is 0 Å². The number of rotatable bonds is 3. The van der Waals surface area contributed by atoms with Gasteiger partial charge in [-0.1, -0.05) is 75.4 Å². The SMILES string of the molecule is C=C/C=C\[C@@]12N=N[C@@](c3ccccc3)([C@H]3CCC[C@H]31)C2(C)C. The maximum atomic E-state index is 4.97. The van der Waals surface area contributed by atoms with E-state index in [-0.39, 0.29) is 16.5 Å². The molecule has 22 heavy (non-hydrogen) atoms. The van der Waals surface area contributed by atoms with Crippen LogP contribution in [0.2, 0.25) is 0 Å². The topological polar surface area (TPSA) is 24.7 Å². The molecule has 2 nitrogen and oxygen atoms in total. The van der Waals surface area contributed by atoms with Gasteiger partial charge in [0.2, 0.25) is 0 Å². The van der Waals surface area contributed by atoms with Gasteiger partial charge in [-0.25, -0.2) is 0 Å². The van der Waals surface area contributed by atoms with E-state index in [4.69, 9.17) is 10.2 Å². The van der Waals surface area contributed by atoms with Crippen LogP contribution in [0.5, 0.6) is 0 Å². The molecule has 1 heterocycles. The van der Waals surface area contributed by atoms with Crippen molar-refractivity contribution in [1.29, 1.82) is 0 Å². The molecule has 2 saturated carbocycles. The number of hydrogen-bond acceptors (Lipinski definition) is 2. The zero-order valence-corrected chi connectivity index (χ0v) is 13.5. The van der Waals surface area contributed by atoms with Gasteiger partial charge in [-0.2, -0.15) is 10.2 Å². The summed E-state index contributed by atoms with van der Waals surface area (Å²) in [5.74, 6) is 1.22. The van der Waals surface area contributed by atoms with Crippen molar-refractivity contribution in [2.45, 2.75) is 44.2 Å². The van der Waals surface area contributed by atoms with Crippen LogP contribution in [0.3, 0.4) is 0 Å². The van der Waals surface area contributed by atoms with E-state index in [1.165, 1.54) is 24.8 Å². The quantitative estimate of drug-likeness (QED) is 0.677. The second kappa shape index (κ2) is 4.41. The Morgan fingerprint density at radius 2 is 1.82 bits per heavy atom. The van der Waals surface area contributed by atoms with Crippen molar-refractivity contribution in [2.75, 3.05) is 0 Å². The van der Waals surface area contributed by atoms with Crippen LogP contribution in [0.15, 0.2) is 65.4 Å². The lowest BCUT2D eigenvalue weighted by molar-refractivity contribution is 0.164. The summed E-state index contributed by atoms with van der Waals surface area (Å²) in [6, 6.07) is 10.9. The van der Waals surface area contributed by atoms with Gasteiger partial charge in [0, 0.05) is 5.41 Å². The third kappa shape index (κ3) is 1.32. The van der Waals surface area contributed by atoms with Crippen LogP contribution in [-0.4, -0.2) is 5.54 Å². The molecule has 4 atom stereocenters. The molecule has 2 heteroatoms. The Morgan fingerprint density at radius 1 is 1.09 bits per heavy atom. The molecule has 3 aliphatic rings. The zero-order valence-electron chi connectivity index (χ0n) is 13.5. The average Bonchev–Trinajstić information content (AvgIpc) is 3.14. The second-order valence-electron chi connectivity index (χ2n) is 7.52. The summed E-state index contributed by atoms with van der Waals surface area (Å²) in [5.41, 5.74) is 1.00. The fourth-order valence-electron chi connectivity index (χ4n) is 5.68. The first kappa shape index (κ1) is 13.9. The van der Waals surface area contributed by atoms with Gasteiger partial charge in [-0.3, -0.25) is 0 Å². The van der Waals surface area contributed by atoms with E-state index in [0.717, 1.165) is 0 Å². The molecule has 0 N–H and O–H groups in total. The summed E-state index contributed by atoms with van der Waals surface area (Å²) in [7, 11) is 0. The summed E-state index contributed by atoms with van der Waals surface area (Å²) in [5, 5.41) is 9.87. The lowest BCUT2D eigenvalue weighted by Crippen LogP contribution is -2.45. The largest absolute Gasteiger partial charge is 0.181 e. The third-order valence-electron chi connectivity index (χ3n) is 6.65. The summed E-state index contributed by atoms with van der Waals surface area (Å²) in [6.07, 6.45) is 10.1. The summed E-state index contributed by atoms with van der Waals surface area (Å²) in [4.78, 5) is 0. The van der Waals surface area contributed by atoms with Crippen LogP contribution in [-0.2, 0) is 5.54 Å². The molecular weight excluding hydrogens is 268 g/mol. The molecule has 0 radical (unpaired) electrons. The lowest BCUT2D eigenvalue weighted by atomic mass is 9.63. The maximum absolute atomic E-state index is 4.97. The van der Waals surface area contributed by atoms with Crippen molar-refractivity contribution >= 4 is 0 Å². The summed E-state index contributed by atoms with van der Waals surface area (Å²) < 4.78 is 0. The van der Waals surface area contributed by atoms with E-state index >= 15 is 0 Å². The van der Waals surface area contributed by atoms with E-state index in [0.29, 0.717) is 11.8 Å². The van der Waals surface area contributed by atoms with Gasteiger partial charge in [0.25, 0.3) is 0 Å². The van der Waals surface area contributed by atoms with Crippen molar-refractivity contribution in [3.8, 4) is 0 Å². The van der Waals surface area contributed by atoms with Crippen molar-refractivity contribution in [3.63, 3.8) is 0 Å². The second-order valence-corrected chi connectivity index (χ2v) is 7.52. The van der Waals surface area contributed by atoms with Crippen molar-refractivity contribution < 1.29 is 0 Å². The predicted octanol–water partition coefficient (Wildman–Crippen LogP) is 5.28. The molecule has 2 aliphatic carbocycles. The van der Waals surface area contributed by atoms with Crippen LogP contribution >= 0.6 is 0 Å². The van der Waals surface area contributed by atoms with Gasteiger partial charge in [-0.15, -0.1) is 0 Å². The summed E-state index contributed by atoms with van der Waals surface area (Å²) in [6.45, 7) is 8.58. The minimum Gasteiger partial charge on any atom is -0.181 e. The first-order chi connectivity index (χ1) is 10.6. The number of benzene rings is 1. The predicted molar refractivity (Wildman–Crippen MR) is 89.7 cm³/mol. The number of fused-ring (bicyclic) bond motifs is 5. The lowest BCUT2D eigenvalue weighted by Gasteiger charge is -2.40. The smallest absolute Gasteiger partial charge is 0.117 e. The Labute approximate surface area is 133 Å². The molecule has 0 saturated heterocycles. The molecular formula is C20H24N2. The van der Waals surface area contributed by atoms with E-state index in [1.54, 1.807) is 0 Å². The Balaban J connectivity index is 1.96. The van der Waals surface area contributed by atoms with E-state index in [1.807, 2.05) is 6.08 Å². The highest BCUT2D eigenvalue weighted by Gasteiger charge is 2.76. The molecule has 114 valence electrons. The highest BCUT2D eigenvalue weighted by molar-refractivity contribution is 5.43. The molecule has 1 aliphatic heterocycles. The van der Waals surface area contributed by atoms with Crippen LogP contribution in [0.25, 0.3) is 0 Å². The van der Waals surface area contributed by atoms with E-state index < -0.39 is 0 Å². The molecule has 2 fully saturated rings. The van der Waals surface area contributed by atoms with Gasteiger partial charge in [-0.05, 0) is 30.2 Å². The molecule has 4 rings (SSSR count). The Bertz CT molecular complexity index is 658. The Kier molecular flexibility index (Phi) is 2.79. The van der Waals surface area contributed by atoms with Crippen molar-refractivity contribution in [3.05, 3.63) is 60.7 Å². The van der Waals surface area contributed by atoms with Crippen LogP contribution in [0.1, 0.15) is 38.7 Å². The first-order valence-corrected chi connectivity index (χ1v) is 8.40. The zero-order chi connectivity index (χ0) is 15.4. The highest BCUT2D eigenvalue weighted by Crippen LogP contribution is 2.74. The third-order valence-corrected chi connectivity index (χ3v) is 6.65. The van der Waals surface area contributed by atoms with E-state index in [2.05, 4.69) is 62.9 Å². The molecule has 0 amide bonds. The molecule has 0 unspecified atom stereocenters. The normalized spacial score (nSPS) is 41.2. The Morgan fingerprint density at radius 3 is 2.55 bits per heavy atom. The number of allylic oxidation sites excluding steroid dienone is 2. The maximum Gasteiger partial charge on any atom is 0.117 e. The number of nitrogens with zero attached hydrogens (tertiary/aromatic N) is 2. The molecule has 0 spiro atoms. The fraction of sp³-hybridized carbons (Fsp3) is 0.500. The van der Waals surface area contributed by atoms with Crippen LogP contribution in [0, 0.1) is 17.3 Å². The van der Waals surface area contributed by atoms with Crippen LogP contribution < -0.4 is 0 Å². The highest BCUT2D eigenvalue weighted by atomic mass is 15.3. The van der Waals surface area contributed by atoms with Gasteiger partial charge in [0.15, 0.2) is 0 Å². The van der Waals surface area contributed by atoms with Gasteiger partial charge < -0.3 is 0 Å². The average molecular weight is 292 g/mol. The summed E-state index contributed by atoms with van der Waals surface area (Å²) >= 11 is 0. The minimum atomic E-state index is -0.168. The van der Waals surface area contributed by atoms with Gasteiger partial charge >= 0.3 is 0 Å². The standard InChI is InChI=1S/C20H24N2/c1-4-5-14-19-16-12-9-13-17(16)20(22-21-19,18(19,2)3)15-10-7-6-8-11-15/h4-8,10-11,14,16-17H,1,9,12-13H2,2-3H3/b14-5-/t16-,17+,19-,20+/m1/s1. The molecule has 1 aromatic rings. The first-order valence-electron chi connectivity index (χ1n) is 8.40. The molecule has 2 bridgehead atoms. The monoisotopic (exact) mass is 292 g/mol. The number of azo groups is 1. The van der Waals surface area contributed by atoms with Crippen molar-refractivity contribution in [2.24, 2.45) is 27.5 Å². The van der Waals surface area contributed by atoms with Gasteiger partial charge in [0.05, 0.1) is 0 Å².